The number of thiazole rings is 1. The zero-order valence-corrected chi connectivity index (χ0v) is 12.7. The first-order chi connectivity index (χ1) is 9.49. The summed E-state index contributed by atoms with van der Waals surface area (Å²) >= 11 is 1.55. The lowest BCUT2D eigenvalue weighted by Gasteiger charge is -2.29. The van der Waals surface area contributed by atoms with E-state index in [-0.39, 0.29) is 17.7 Å². The maximum absolute atomic E-state index is 12.4. The minimum atomic E-state index is -0.775. The normalized spacial score (nSPS) is 22.5. The second kappa shape index (κ2) is 6.35. The second-order valence-electron chi connectivity index (χ2n) is 5.45. The minimum Gasteiger partial charge on any atom is -0.481 e. The maximum Gasteiger partial charge on any atom is 0.306 e. The Morgan fingerprint density at radius 3 is 2.75 bits per heavy atom. The number of carbonyl (C=O) groups excluding carboxylic acids is 1. The minimum absolute atomic E-state index is 0.0590. The molecule has 1 saturated carbocycles. The van der Waals surface area contributed by atoms with Crippen molar-refractivity contribution >= 4 is 23.2 Å². The molecule has 20 heavy (non-hydrogen) atoms. The number of hydrogen-bond donors (Lipinski definition) is 1. The summed E-state index contributed by atoms with van der Waals surface area (Å²) < 4.78 is 0. The Balaban J connectivity index is 1.96. The lowest BCUT2D eigenvalue weighted by Crippen LogP contribution is -2.36. The molecule has 0 spiro atoms. The van der Waals surface area contributed by atoms with Crippen LogP contribution in [0.2, 0.25) is 0 Å². The van der Waals surface area contributed by atoms with Crippen LogP contribution in [0.4, 0.5) is 0 Å². The first kappa shape index (κ1) is 15.0. The van der Waals surface area contributed by atoms with Crippen LogP contribution in [0.15, 0.2) is 5.51 Å². The monoisotopic (exact) mass is 296 g/mol. The Morgan fingerprint density at radius 2 is 2.15 bits per heavy atom. The van der Waals surface area contributed by atoms with Crippen LogP contribution < -0.4 is 0 Å². The molecule has 0 bridgehead atoms. The fraction of sp³-hybridized carbons (Fsp3) is 0.643. The largest absolute Gasteiger partial charge is 0.481 e. The molecule has 2 atom stereocenters. The topological polar surface area (TPSA) is 70.5 Å². The third-order valence-electron chi connectivity index (χ3n) is 3.97. The molecule has 1 heterocycles. The number of carboxylic acids is 1. The maximum atomic E-state index is 12.4. The van der Waals surface area contributed by atoms with E-state index in [9.17, 15) is 9.59 Å². The van der Waals surface area contributed by atoms with E-state index >= 15 is 0 Å². The predicted molar refractivity (Wildman–Crippen MR) is 76.4 cm³/mol. The molecule has 110 valence electrons. The van der Waals surface area contributed by atoms with Crippen molar-refractivity contribution in [2.24, 2.45) is 11.8 Å². The van der Waals surface area contributed by atoms with Gasteiger partial charge in [0.25, 0.3) is 0 Å². The highest BCUT2D eigenvalue weighted by Crippen LogP contribution is 2.30. The molecule has 1 aromatic heterocycles. The van der Waals surface area contributed by atoms with Gasteiger partial charge in [0, 0.05) is 17.8 Å². The summed E-state index contributed by atoms with van der Waals surface area (Å²) in [7, 11) is 1.78. The molecule has 1 fully saturated rings. The zero-order chi connectivity index (χ0) is 14.7. The average molecular weight is 296 g/mol. The SMILES string of the molecule is Cc1ncsc1CN(C)C(=O)[C@@H]1CCC[C@@H](C(=O)O)C1. The van der Waals surface area contributed by atoms with Gasteiger partial charge in [-0.15, -0.1) is 11.3 Å². The molecule has 5 nitrogen and oxygen atoms in total. The van der Waals surface area contributed by atoms with Gasteiger partial charge in [0.15, 0.2) is 0 Å². The van der Waals surface area contributed by atoms with Crippen LogP contribution in [-0.4, -0.2) is 33.9 Å². The van der Waals surface area contributed by atoms with Crippen molar-refractivity contribution in [3.8, 4) is 0 Å². The highest BCUT2D eigenvalue weighted by atomic mass is 32.1. The van der Waals surface area contributed by atoms with E-state index < -0.39 is 5.97 Å². The fourth-order valence-electron chi connectivity index (χ4n) is 2.72. The summed E-state index contributed by atoms with van der Waals surface area (Å²) in [5.41, 5.74) is 2.74. The van der Waals surface area contributed by atoms with E-state index in [0.717, 1.165) is 23.4 Å². The predicted octanol–water partition coefficient (Wildman–Crippen LogP) is 2.30. The lowest BCUT2D eigenvalue weighted by molar-refractivity contribution is -0.145. The fourth-order valence-corrected chi connectivity index (χ4v) is 3.55. The van der Waals surface area contributed by atoms with Crippen molar-refractivity contribution in [2.45, 2.75) is 39.2 Å². The Labute approximate surface area is 122 Å². The molecular formula is C14H20N2O3S. The van der Waals surface area contributed by atoms with E-state index in [0.29, 0.717) is 19.4 Å². The van der Waals surface area contributed by atoms with E-state index in [2.05, 4.69) is 4.98 Å². The van der Waals surface area contributed by atoms with Gasteiger partial charge in [0.2, 0.25) is 5.91 Å². The van der Waals surface area contributed by atoms with Crippen molar-refractivity contribution in [3.63, 3.8) is 0 Å². The number of amides is 1. The van der Waals surface area contributed by atoms with E-state index in [1.54, 1.807) is 28.8 Å². The highest BCUT2D eigenvalue weighted by molar-refractivity contribution is 7.09. The Bertz CT molecular complexity index is 500. The van der Waals surface area contributed by atoms with E-state index in [1.165, 1.54) is 0 Å². The van der Waals surface area contributed by atoms with Crippen LogP contribution in [0.1, 0.15) is 36.3 Å². The summed E-state index contributed by atoms with van der Waals surface area (Å²) in [5, 5.41) is 9.09. The van der Waals surface area contributed by atoms with Crippen LogP contribution in [0.25, 0.3) is 0 Å². The molecule has 1 amide bonds. The van der Waals surface area contributed by atoms with Gasteiger partial charge in [0.1, 0.15) is 0 Å². The molecule has 2 rings (SSSR count). The Morgan fingerprint density at radius 1 is 1.45 bits per heavy atom. The first-order valence-electron chi connectivity index (χ1n) is 6.85. The van der Waals surface area contributed by atoms with Crippen molar-refractivity contribution in [3.05, 3.63) is 16.1 Å². The molecule has 1 aliphatic carbocycles. The summed E-state index contributed by atoms with van der Waals surface area (Å²) in [4.78, 5) is 30.5. The summed E-state index contributed by atoms with van der Waals surface area (Å²) in [6.07, 6.45) is 2.78. The van der Waals surface area contributed by atoms with Gasteiger partial charge in [-0.05, 0) is 26.2 Å². The Kier molecular flexibility index (Phi) is 4.75. The van der Waals surface area contributed by atoms with Crippen molar-refractivity contribution < 1.29 is 14.7 Å². The summed E-state index contributed by atoms with van der Waals surface area (Å²) in [5.74, 6) is -1.23. The van der Waals surface area contributed by atoms with Crippen molar-refractivity contribution in [2.75, 3.05) is 7.05 Å². The van der Waals surface area contributed by atoms with Crippen molar-refractivity contribution in [1.29, 1.82) is 0 Å². The zero-order valence-electron chi connectivity index (χ0n) is 11.8. The van der Waals surface area contributed by atoms with E-state index in [1.807, 2.05) is 6.92 Å². The van der Waals surface area contributed by atoms with Gasteiger partial charge in [-0.1, -0.05) is 6.42 Å². The van der Waals surface area contributed by atoms with Gasteiger partial charge in [0.05, 0.1) is 23.7 Å². The molecule has 0 unspecified atom stereocenters. The molecule has 1 N–H and O–H groups in total. The van der Waals surface area contributed by atoms with Crippen LogP contribution in [0, 0.1) is 18.8 Å². The average Bonchev–Trinajstić information content (AvgIpc) is 2.83. The number of aryl methyl sites for hydroxylation is 1. The number of carboxylic acid groups (broad SMARTS) is 1. The molecular weight excluding hydrogens is 276 g/mol. The number of rotatable bonds is 4. The standard InChI is InChI=1S/C14H20N2O3S/c1-9-12(20-8-15-9)7-16(2)13(17)10-4-3-5-11(6-10)14(18)19/h8,10-11H,3-7H2,1-2H3,(H,18,19)/t10-,11-/m1/s1. The van der Waals surface area contributed by atoms with Gasteiger partial charge >= 0.3 is 5.97 Å². The van der Waals surface area contributed by atoms with Gasteiger partial charge in [-0.2, -0.15) is 0 Å². The van der Waals surface area contributed by atoms with Gasteiger partial charge < -0.3 is 10.0 Å². The number of nitrogens with zero attached hydrogens (tertiary/aromatic N) is 2. The quantitative estimate of drug-likeness (QED) is 0.925. The number of hydrogen-bond acceptors (Lipinski definition) is 4. The van der Waals surface area contributed by atoms with Crippen molar-refractivity contribution in [1.82, 2.24) is 9.88 Å². The highest BCUT2D eigenvalue weighted by Gasteiger charge is 2.32. The first-order valence-corrected chi connectivity index (χ1v) is 7.73. The smallest absolute Gasteiger partial charge is 0.306 e. The summed E-state index contributed by atoms with van der Waals surface area (Å²) in [6, 6.07) is 0. The van der Waals surface area contributed by atoms with Crippen LogP contribution in [0.5, 0.6) is 0 Å². The van der Waals surface area contributed by atoms with Crippen LogP contribution in [0.3, 0.4) is 0 Å². The molecule has 1 aliphatic rings. The number of aromatic nitrogens is 1. The number of carbonyl (C=O) groups is 2. The third kappa shape index (κ3) is 3.36. The molecule has 6 heteroatoms. The molecule has 0 aromatic carbocycles. The molecule has 0 radical (unpaired) electrons. The van der Waals surface area contributed by atoms with Crippen LogP contribution in [-0.2, 0) is 16.1 Å². The van der Waals surface area contributed by atoms with Crippen LogP contribution >= 0.6 is 11.3 Å². The van der Waals surface area contributed by atoms with E-state index in [4.69, 9.17) is 5.11 Å². The third-order valence-corrected chi connectivity index (χ3v) is 4.89. The second-order valence-corrected chi connectivity index (χ2v) is 6.39. The van der Waals surface area contributed by atoms with Gasteiger partial charge in [-0.3, -0.25) is 9.59 Å². The summed E-state index contributed by atoms with van der Waals surface area (Å²) in [6.45, 7) is 2.49. The Hall–Kier alpha value is -1.43. The molecule has 1 aromatic rings. The van der Waals surface area contributed by atoms with Gasteiger partial charge in [-0.25, -0.2) is 4.98 Å². The molecule has 0 saturated heterocycles. The number of aliphatic carboxylic acids is 1. The lowest BCUT2D eigenvalue weighted by atomic mass is 9.81. The molecule has 0 aliphatic heterocycles.